The van der Waals surface area contributed by atoms with Crippen molar-refractivity contribution in [1.82, 2.24) is 4.90 Å². The maximum absolute atomic E-state index is 5.63. The molecule has 0 bridgehead atoms. The summed E-state index contributed by atoms with van der Waals surface area (Å²) >= 11 is 0. The first kappa shape index (κ1) is 32.6. The number of nitrogens with two attached hydrogens (primary N) is 2. The first-order valence-electron chi connectivity index (χ1n) is 15.1. The summed E-state index contributed by atoms with van der Waals surface area (Å²) in [5.74, 6) is 0. The van der Waals surface area contributed by atoms with Gasteiger partial charge in [0.05, 0.1) is 0 Å². The molecule has 0 spiro atoms. The first-order valence-corrected chi connectivity index (χ1v) is 15.1. The van der Waals surface area contributed by atoms with Crippen LogP contribution in [0.1, 0.15) is 148 Å². The van der Waals surface area contributed by atoms with Crippen LogP contribution in [0.15, 0.2) is 12.2 Å². The topological polar surface area (TPSA) is 55.3 Å². The Labute approximate surface area is 209 Å². The third-order valence-electron chi connectivity index (χ3n) is 6.84. The Bertz CT molecular complexity index is 356. The Morgan fingerprint density at radius 1 is 0.424 bits per heavy atom. The van der Waals surface area contributed by atoms with Crippen LogP contribution in [0, 0.1) is 0 Å². The van der Waals surface area contributed by atoms with Crippen molar-refractivity contribution in [2.45, 2.75) is 148 Å². The van der Waals surface area contributed by atoms with E-state index in [2.05, 4.69) is 24.0 Å². The molecule has 0 heterocycles. The first-order chi connectivity index (χ1) is 16.3. The van der Waals surface area contributed by atoms with Gasteiger partial charge in [-0.3, -0.25) is 0 Å². The minimum absolute atomic E-state index is 0.848. The van der Waals surface area contributed by atoms with Gasteiger partial charge in [0.15, 0.2) is 0 Å². The molecule has 0 unspecified atom stereocenters. The molecule has 198 valence electrons. The lowest BCUT2D eigenvalue weighted by atomic mass is 10.1. The lowest BCUT2D eigenvalue weighted by molar-refractivity contribution is 0.254. The second-order valence-electron chi connectivity index (χ2n) is 10.2. The van der Waals surface area contributed by atoms with Gasteiger partial charge in [-0.2, -0.15) is 0 Å². The highest BCUT2D eigenvalue weighted by atomic mass is 15.1. The van der Waals surface area contributed by atoms with E-state index in [0.29, 0.717) is 0 Å². The standard InChI is InChI=1S/C30H63N3/c1-2-3-4-5-6-7-8-9-10-11-12-13-14-15-18-23-28-33(29-24-19-16-21-26-31)30-25-20-17-22-27-32/h9-10H,2-8,11-32H2,1H3/b10-9-. The van der Waals surface area contributed by atoms with Crippen molar-refractivity contribution < 1.29 is 0 Å². The van der Waals surface area contributed by atoms with E-state index in [9.17, 15) is 0 Å². The van der Waals surface area contributed by atoms with E-state index in [1.54, 1.807) is 0 Å². The maximum Gasteiger partial charge on any atom is -0.00187 e. The average Bonchev–Trinajstić information content (AvgIpc) is 2.83. The summed E-state index contributed by atoms with van der Waals surface area (Å²) in [6.07, 6.45) is 34.7. The summed E-state index contributed by atoms with van der Waals surface area (Å²) in [5.41, 5.74) is 11.3. The van der Waals surface area contributed by atoms with E-state index in [0.717, 1.165) is 13.1 Å². The monoisotopic (exact) mass is 466 g/mol. The zero-order chi connectivity index (χ0) is 24.1. The maximum atomic E-state index is 5.63. The van der Waals surface area contributed by atoms with Crippen molar-refractivity contribution in [1.29, 1.82) is 0 Å². The van der Waals surface area contributed by atoms with Gasteiger partial charge in [0.2, 0.25) is 0 Å². The highest BCUT2D eigenvalue weighted by Crippen LogP contribution is 2.11. The molecule has 33 heavy (non-hydrogen) atoms. The predicted octanol–water partition coefficient (Wildman–Crippen LogP) is 8.36. The molecule has 0 rings (SSSR count). The SMILES string of the molecule is CCCCCCCC/C=C\CCCCCCCCN(CCCCCCN)CCCCCCN. The van der Waals surface area contributed by atoms with Gasteiger partial charge < -0.3 is 16.4 Å². The van der Waals surface area contributed by atoms with Crippen molar-refractivity contribution in [3.05, 3.63) is 12.2 Å². The van der Waals surface area contributed by atoms with Crippen molar-refractivity contribution in [2.75, 3.05) is 32.7 Å². The predicted molar refractivity (Wildman–Crippen MR) is 151 cm³/mol. The molecule has 0 aromatic heterocycles. The normalized spacial score (nSPS) is 11.9. The van der Waals surface area contributed by atoms with Gasteiger partial charge in [0, 0.05) is 0 Å². The molecule has 0 saturated carbocycles. The van der Waals surface area contributed by atoms with Crippen molar-refractivity contribution in [3.8, 4) is 0 Å². The van der Waals surface area contributed by atoms with Gasteiger partial charge in [0.1, 0.15) is 0 Å². The van der Waals surface area contributed by atoms with Crippen LogP contribution in [0.4, 0.5) is 0 Å². The van der Waals surface area contributed by atoms with Crippen molar-refractivity contribution in [2.24, 2.45) is 11.5 Å². The summed E-state index contributed by atoms with van der Waals surface area (Å²) in [6.45, 7) is 7.85. The molecule has 0 aliphatic rings. The van der Waals surface area contributed by atoms with Crippen LogP contribution in [0.5, 0.6) is 0 Å². The second-order valence-corrected chi connectivity index (χ2v) is 10.2. The van der Waals surface area contributed by atoms with E-state index in [1.165, 1.54) is 161 Å². The molecule has 3 heteroatoms. The van der Waals surface area contributed by atoms with Gasteiger partial charge in [-0.25, -0.2) is 0 Å². The van der Waals surface area contributed by atoms with Crippen LogP contribution in [0.2, 0.25) is 0 Å². The van der Waals surface area contributed by atoms with Crippen molar-refractivity contribution in [3.63, 3.8) is 0 Å². The fraction of sp³-hybridized carbons (Fsp3) is 0.933. The molecule has 0 aliphatic heterocycles. The molecular formula is C30H63N3. The minimum Gasteiger partial charge on any atom is -0.330 e. The Hall–Kier alpha value is -0.380. The third-order valence-corrected chi connectivity index (χ3v) is 6.84. The molecule has 0 fully saturated rings. The Kier molecular flexibility index (Phi) is 29.3. The van der Waals surface area contributed by atoms with Gasteiger partial charge in [-0.05, 0) is 90.5 Å². The number of rotatable bonds is 28. The number of nitrogens with zero attached hydrogens (tertiary/aromatic N) is 1. The number of unbranched alkanes of at least 4 members (excludes halogenated alkanes) is 18. The van der Waals surface area contributed by atoms with Crippen LogP contribution < -0.4 is 11.5 Å². The lowest BCUT2D eigenvalue weighted by Crippen LogP contribution is -2.27. The Morgan fingerprint density at radius 3 is 1.15 bits per heavy atom. The van der Waals surface area contributed by atoms with Crippen LogP contribution in [-0.2, 0) is 0 Å². The molecule has 0 atom stereocenters. The largest absolute Gasteiger partial charge is 0.330 e. The highest BCUT2D eigenvalue weighted by molar-refractivity contribution is 4.81. The summed E-state index contributed by atoms with van der Waals surface area (Å²) in [6, 6.07) is 0. The molecule has 0 aromatic carbocycles. The summed E-state index contributed by atoms with van der Waals surface area (Å²) in [4.78, 5) is 2.74. The molecule has 0 aromatic rings. The summed E-state index contributed by atoms with van der Waals surface area (Å²) in [5, 5.41) is 0. The number of hydrogen-bond donors (Lipinski definition) is 2. The van der Waals surface area contributed by atoms with Crippen molar-refractivity contribution >= 4 is 0 Å². The summed E-state index contributed by atoms with van der Waals surface area (Å²) < 4.78 is 0. The van der Waals surface area contributed by atoms with Crippen LogP contribution >= 0.6 is 0 Å². The van der Waals surface area contributed by atoms with Gasteiger partial charge in [-0.1, -0.05) is 103 Å². The Balaban J connectivity index is 3.62. The van der Waals surface area contributed by atoms with E-state index in [1.807, 2.05) is 0 Å². The number of allylic oxidation sites excluding steroid dienone is 2. The third kappa shape index (κ3) is 27.7. The minimum atomic E-state index is 0.848. The smallest absolute Gasteiger partial charge is 0.00187 e. The average molecular weight is 466 g/mol. The molecule has 0 radical (unpaired) electrons. The molecule has 0 aliphatic carbocycles. The van der Waals surface area contributed by atoms with Gasteiger partial charge in [0.25, 0.3) is 0 Å². The van der Waals surface area contributed by atoms with E-state index in [4.69, 9.17) is 11.5 Å². The van der Waals surface area contributed by atoms with Gasteiger partial charge in [-0.15, -0.1) is 0 Å². The molecule has 0 amide bonds. The van der Waals surface area contributed by atoms with Crippen LogP contribution in [0.3, 0.4) is 0 Å². The van der Waals surface area contributed by atoms with E-state index >= 15 is 0 Å². The molecule has 3 nitrogen and oxygen atoms in total. The molecule has 0 saturated heterocycles. The van der Waals surface area contributed by atoms with E-state index in [-0.39, 0.29) is 0 Å². The number of hydrogen-bond acceptors (Lipinski definition) is 3. The fourth-order valence-electron chi connectivity index (χ4n) is 4.58. The van der Waals surface area contributed by atoms with Crippen LogP contribution in [0.25, 0.3) is 0 Å². The molecule has 4 N–H and O–H groups in total. The van der Waals surface area contributed by atoms with Crippen LogP contribution in [-0.4, -0.2) is 37.6 Å². The lowest BCUT2D eigenvalue weighted by Gasteiger charge is -2.22. The fourth-order valence-corrected chi connectivity index (χ4v) is 4.58. The highest BCUT2D eigenvalue weighted by Gasteiger charge is 2.05. The van der Waals surface area contributed by atoms with E-state index < -0.39 is 0 Å². The van der Waals surface area contributed by atoms with Gasteiger partial charge >= 0.3 is 0 Å². The summed E-state index contributed by atoms with van der Waals surface area (Å²) in [7, 11) is 0. The zero-order valence-corrected chi connectivity index (χ0v) is 22.8. The molecular weight excluding hydrogens is 402 g/mol. The quantitative estimate of drug-likeness (QED) is 0.0901. The second kappa shape index (κ2) is 29.7. The zero-order valence-electron chi connectivity index (χ0n) is 22.8. The Morgan fingerprint density at radius 2 is 0.758 bits per heavy atom.